The summed E-state index contributed by atoms with van der Waals surface area (Å²) in [6.07, 6.45) is 2.55. The van der Waals surface area contributed by atoms with Crippen molar-refractivity contribution in [1.82, 2.24) is 4.98 Å². The molecule has 21 heavy (non-hydrogen) atoms. The third kappa shape index (κ3) is 3.14. The lowest BCUT2D eigenvalue weighted by atomic mass is 10.1. The van der Waals surface area contributed by atoms with Crippen LogP contribution in [0.5, 0.6) is 0 Å². The third-order valence-corrected chi connectivity index (χ3v) is 4.50. The van der Waals surface area contributed by atoms with Crippen molar-refractivity contribution >= 4 is 17.3 Å². The third-order valence-electron chi connectivity index (χ3n) is 3.59. The van der Waals surface area contributed by atoms with Crippen molar-refractivity contribution in [2.45, 2.75) is 25.9 Å². The molecule has 0 amide bonds. The maximum Gasteiger partial charge on any atom is 0.335 e. The molecule has 0 radical (unpaired) electrons. The molecule has 1 aromatic carbocycles. The molecule has 0 bridgehead atoms. The highest BCUT2D eigenvalue weighted by molar-refractivity contribution is 7.10. The lowest BCUT2D eigenvalue weighted by Gasteiger charge is -2.12. The van der Waals surface area contributed by atoms with Crippen molar-refractivity contribution in [1.29, 1.82) is 0 Å². The van der Waals surface area contributed by atoms with Gasteiger partial charge in [-0.3, -0.25) is 0 Å². The second-order valence-electron chi connectivity index (χ2n) is 5.17. The summed E-state index contributed by atoms with van der Waals surface area (Å²) in [6, 6.07) is 6.82. The van der Waals surface area contributed by atoms with Crippen molar-refractivity contribution in [2.75, 3.05) is 6.61 Å². The van der Waals surface area contributed by atoms with Gasteiger partial charge in [0.2, 0.25) is 0 Å². The van der Waals surface area contributed by atoms with Gasteiger partial charge in [-0.2, -0.15) is 0 Å². The van der Waals surface area contributed by atoms with E-state index in [4.69, 9.17) is 9.84 Å². The Morgan fingerprint density at radius 1 is 1.43 bits per heavy atom. The highest BCUT2D eigenvalue weighted by Crippen LogP contribution is 2.44. The van der Waals surface area contributed by atoms with Crippen molar-refractivity contribution in [3.05, 3.63) is 40.2 Å². The van der Waals surface area contributed by atoms with Gasteiger partial charge in [-0.1, -0.05) is 12.1 Å². The fraction of sp³-hybridized carbons (Fsp3) is 0.375. The van der Waals surface area contributed by atoms with Gasteiger partial charge in [-0.15, -0.1) is 11.3 Å². The van der Waals surface area contributed by atoms with Crippen LogP contribution >= 0.6 is 11.3 Å². The summed E-state index contributed by atoms with van der Waals surface area (Å²) in [5.74, 6) is -0.302. The number of aromatic carboxylic acids is 1. The summed E-state index contributed by atoms with van der Waals surface area (Å²) >= 11 is 1.62. The van der Waals surface area contributed by atoms with E-state index in [1.54, 1.807) is 35.6 Å². The van der Waals surface area contributed by atoms with Gasteiger partial charge in [0.05, 0.1) is 11.3 Å². The van der Waals surface area contributed by atoms with Crippen LogP contribution in [0.15, 0.2) is 29.6 Å². The SMILES string of the molecule is CCOC(c1nc(-c2ccc(C(=O)O)cc2)cs1)C1CC1. The average Bonchev–Trinajstić information content (AvgIpc) is 3.21. The molecule has 1 aliphatic carbocycles. The highest BCUT2D eigenvalue weighted by Gasteiger charge is 2.34. The minimum absolute atomic E-state index is 0.118. The largest absolute Gasteiger partial charge is 0.478 e. The lowest BCUT2D eigenvalue weighted by Crippen LogP contribution is -2.06. The molecule has 0 aliphatic heterocycles. The first kappa shape index (κ1) is 14.2. The Balaban J connectivity index is 1.81. The van der Waals surface area contributed by atoms with E-state index in [1.165, 1.54) is 12.8 Å². The minimum Gasteiger partial charge on any atom is -0.478 e. The zero-order valence-corrected chi connectivity index (χ0v) is 12.6. The Morgan fingerprint density at radius 3 is 2.71 bits per heavy atom. The summed E-state index contributed by atoms with van der Waals surface area (Å²) < 4.78 is 5.82. The Morgan fingerprint density at radius 2 is 2.14 bits per heavy atom. The van der Waals surface area contributed by atoms with Crippen molar-refractivity contribution in [2.24, 2.45) is 5.92 Å². The first-order valence-electron chi connectivity index (χ1n) is 7.09. The Hall–Kier alpha value is -1.72. The van der Waals surface area contributed by atoms with Gasteiger partial charge >= 0.3 is 5.97 Å². The van der Waals surface area contributed by atoms with Crippen molar-refractivity contribution in [3.63, 3.8) is 0 Å². The Kier molecular flexibility index (Phi) is 4.03. The van der Waals surface area contributed by atoms with E-state index >= 15 is 0 Å². The fourth-order valence-corrected chi connectivity index (χ4v) is 3.29. The summed E-state index contributed by atoms with van der Waals surface area (Å²) in [5, 5.41) is 12.0. The van der Waals surface area contributed by atoms with E-state index < -0.39 is 5.97 Å². The van der Waals surface area contributed by atoms with Gasteiger partial charge < -0.3 is 9.84 Å². The molecule has 1 fully saturated rings. The molecule has 1 N–H and O–H groups in total. The van der Waals surface area contributed by atoms with E-state index in [0.29, 0.717) is 18.1 Å². The van der Waals surface area contributed by atoms with Crippen LogP contribution in [0.3, 0.4) is 0 Å². The van der Waals surface area contributed by atoms with E-state index in [0.717, 1.165) is 16.3 Å². The number of carboxylic acid groups (broad SMARTS) is 1. The van der Waals surface area contributed by atoms with Crippen LogP contribution in [0, 0.1) is 5.92 Å². The molecule has 1 unspecified atom stereocenters. The molecule has 1 aliphatic rings. The van der Waals surface area contributed by atoms with E-state index in [1.807, 2.05) is 12.3 Å². The summed E-state index contributed by atoms with van der Waals surface area (Å²) in [4.78, 5) is 15.5. The van der Waals surface area contributed by atoms with Gasteiger partial charge in [-0.05, 0) is 37.8 Å². The molecule has 0 spiro atoms. The van der Waals surface area contributed by atoms with Gasteiger partial charge in [-0.25, -0.2) is 9.78 Å². The second-order valence-corrected chi connectivity index (χ2v) is 6.06. The van der Waals surface area contributed by atoms with Gasteiger partial charge in [0.15, 0.2) is 0 Å². The summed E-state index contributed by atoms with van der Waals surface area (Å²) in [7, 11) is 0. The first-order chi connectivity index (χ1) is 10.2. The van der Waals surface area contributed by atoms with Crippen LogP contribution in [-0.2, 0) is 4.74 Å². The number of carbonyl (C=O) groups is 1. The Bertz CT molecular complexity index is 631. The first-order valence-corrected chi connectivity index (χ1v) is 7.97. The van der Waals surface area contributed by atoms with Crippen LogP contribution in [0.1, 0.15) is 41.2 Å². The molecule has 1 heterocycles. The molecule has 3 rings (SSSR count). The van der Waals surface area contributed by atoms with Crippen molar-refractivity contribution < 1.29 is 14.6 Å². The van der Waals surface area contributed by atoms with Crippen molar-refractivity contribution in [3.8, 4) is 11.3 Å². The molecule has 0 saturated heterocycles. The van der Waals surface area contributed by atoms with Crippen LogP contribution in [0.4, 0.5) is 0 Å². The standard InChI is InChI=1S/C16H17NO3S/c1-2-20-14(11-5-6-11)15-17-13(9-21-15)10-3-7-12(8-4-10)16(18)19/h3-4,7-9,11,14H,2,5-6H2,1H3,(H,18,19). The minimum atomic E-state index is -0.911. The van der Waals surface area contributed by atoms with E-state index in [2.05, 4.69) is 4.98 Å². The predicted octanol–water partition coefficient (Wildman–Crippen LogP) is 4.00. The summed E-state index contributed by atoms with van der Waals surface area (Å²) in [6.45, 7) is 2.71. The Labute approximate surface area is 127 Å². The quantitative estimate of drug-likeness (QED) is 0.876. The average molecular weight is 303 g/mol. The number of hydrogen-bond donors (Lipinski definition) is 1. The lowest BCUT2D eigenvalue weighted by molar-refractivity contribution is 0.0462. The maximum atomic E-state index is 10.9. The highest BCUT2D eigenvalue weighted by atomic mass is 32.1. The zero-order chi connectivity index (χ0) is 14.8. The number of carboxylic acids is 1. The molecule has 1 saturated carbocycles. The number of hydrogen-bond acceptors (Lipinski definition) is 4. The normalized spacial score (nSPS) is 15.9. The molecule has 4 nitrogen and oxygen atoms in total. The monoisotopic (exact) mass is 303 g/mol. The second kappa shape index (κ2) is 5.95. The number of aromatic nitrogens is 1. The number of rotatable bonds is 6. The smallest absolute Gasteiger partial charge is 0.335 e. The molecular weight excluding hydrogens is 286 g/mol. The molecule has 1 aromatic heterocycles. The van der Waals surface area contributed by atoms with E-state index in [-0.39, 0.29) is 6.10 Å². The van der Waals surface area contributed by atoms with E-state index in [9.17, 15) is 4.79 Å². The molecule has 2 aromatic rings. The maximum absolute atomic E-state index is 10.9. The zero-order valence-electron chi connectivity index (χ0n) is 11.8. The van der Waals surface area contributed by atoms with Crippen LogP contribution in [0.2, 0.25) is 0 Å². The number of nitrogens with zero attached hydrogens (tertiary/aromatic N) is 1. The van der Waals surface area contributed by atoms with Crippen LogP contribution in [-0.4, -0.2) is 22.7 Å². The molecule has 5 heteroatoms. The van der Waals surface area contributed by atoms with Gasteiger partial charge in [0.25, 0.3) is 0 Å². The van der Waals surface area contributed by atoms with Gasteiger partial charge in [0.1, 0.15) is 11.1 Å². The number of thiazole rings is 1. The summed E-state index contributed by atoms with van der Waals surface area (Å²) in [5.41, 5.74) is 2.12. The molecule has 110 valence electrons. The van der Waals surface area contributed by atoms with Crippen LogP contribution in [0.25, 0.3) is 11.3 Å². The number of benzene rings is 1. The fourth-order valence-electron chi connectivity index (χ4n) is 2.32. The van der Waals surface area contributed by atoms with Crippen LogP contribution < -0.4 is 0 Å². The molecule has 1 atom stereocenters. The topological polar surface area (TPSA) is 59.4 Å². The number of ether oxygens (including phenoxy) is 1. The molecular formula is C16H17NO3S. The van der Waals surface area contributed by atoms with Gasteiger partial charge in [0, 0.05) is 17.6 Å². The predicted molar refractivity (Wildman–Crippen MR) is 81.6 cm³/mol.